The summed E-state index contributed by atoms with van der Waals surface area (Å²) in [6, 6.07) is 9.59. The second kappa shape index (κ2) is 5.13. The molecule has 0 amide bonds. The van der Waals surface area contributed by atoms with Gasteiger partial charge < -0.3 is 5.11 Å². The fourth-order valence-corrected chi connectivity index (χ4v) is 4.85. The maximum Gasteiger partial charge on any atom is 0.216 e. The van der Waals surface area contributed by atoms with Gasteiger partial charge in [-0.2, -0.15) is 0 Å². The molecule has 1 aromatic carbocycles. The van der Waals surface area contributed by atoms with Gasteiger partial charge in [-0.15, -0.1) is 0 Å². The molecule has 20 heavy (non-hydrogen) atoms. The molecule has 0 aromatic heterocycles. The number of aliphatic hydroxyl groups is 1. The van der Waals surface area contributed by atoms with Crippen molar-refractivity contribution in [3.05, 3.63) is 35.9 Å². The summed E-state index contributed by atoms with van der Waals surface area (Å²) in [6.45, 7) is 0.957. The molecule has 0 radical (unpaired) electrons. The first-order chi connectivity index (χ1) is 9.52. The van der Waals surface area contributed by atoms with Gasteiger partial charge in [0.15, 0.2) is 0 Å². The highest BCUT2D eigenvalue weighted by Crippen LogP contribution is 2.36. The number of benzene rings is 1. The summed E-state index contributed by atoms with van der Waals surface area (Å²) in [5, 5.41) is 10.7. The summed E-state index contributed by atoms with van der Waals surface area (Å²) in [5.74, 6) is 0. The third-order valence-corrected chi connectivity index (χ3v) is 6.79. The molecule has 2 aliphatic rings. The van der Waals surface area contributed by atoms with Crippen LogP contribution in [0.25, 0.3) is 0 Å². The molecule has 1 atom stereocenters. The minimum Gasteiger partial charge on any atom is -0.385 e. The Morgan fingerprint density at radius 1 is 1.10 bits per heavy atom. The average molecular weight is 295 g/mol. The summed E-state index contributed by atoms with van der Waals surface area (Å²) in [5.41, 5.74) is 0.000370. The molecule has 0 spiro atoms. The van der Waals surface area contributed by atoms with Crippen LogP contribution in [0.5, 0.6) is 0 Å². The van der Waals surface area contributed by atoms with Crippen molar-refractivity contribution >= 4 is 10.0 Å². The topological polar surface area (TPSA) is 57.6 Å². The summed E-state index contributed by atoms with van der Waals surface area (Å²) in [7, 11) is -3.12. The minimum atomic E-state index is -3.12. The Balaban J connectivity index is 1.77. The van der Waals surface area contributed by atoms with E-state index in [0.717, 1.165) is 18.4 Å². The number of sulfonamides is 1. The van der Waals surface area contributed by atoms with Gasteiger partial charge in [0.05, 0.1) is 10.9 Å². The molecule has 1 heterocycles. The van der Waals surface area contributed by atoms with E-state index in [-0.39, 0.29) is 5.25 Å². The van der Waals surface area contributed by atoms with E-state index >= 15 is 0 Å². The zero-order valence-electron chi connectivity index (χ0n) is 11.5. The predicted octanol–water partition coefficient (Wildman–Crippen LogP) is 1.85. The van der Waals surface area contributed by atoms with Crippen molar-refractivity contribution in [2.24, 2.45) is 0 Å². The predicted molar refractivity (Wildman–Crippen MR) is 77.7 cm³/mol. The van der Waals surface area contributed by atoms with Crippen LogP contribution in [-0.4, -0.2) is 36.2 Å². The second-order valence-electron chi connectivity index (χ2n) is 5.89. The van der Waals surface area contributed by atoms with Crippen LogP contribution in [-0.2, 0) is 15.6 Å². The van der Waals surface area contributed by atoms with Crippen molar-refractivity contribution in [1.29, 1.82) is 0 Å². The van der Waals surface area contributed by atoms with Gasteiger partial charge in [0.25, 0.3) is 0 Å². The first-order valence-electron chi connectivity index (χ1n) is 7.29. The molecule has 1 aromatic rings. The molecule has 4 nitrogen and oxygen atoms in total. The van der Waals surface area contributed by atoms with E-state index in [1.165, 1.54) is 0 Å². The van der Waals surface area contributed by atoms with Crippen LogP contribution in [0.1, 0.15) is 37.7 Å². The lowest BCUT2D eigenvalue weighted by molar-refractivity contribution is 0.0228. The Labute approximate surface area is 120 Å². The Morgan fingerprint density at radius 3 is 2.45 bits per heavy atom. The van der Waals surface area contributed by atoms with Crippen LogP contribution in [0.4, 0.5) is 0 Å². The Hall–Kier alpha value is -0.910. The molecular formula is C15H21NO3S. The highest BCUT2D eigenvalue weighted by Gasteiger charge is 2.42. The monoisotopic (exact) mass is 295 g/mol. The maximum absolute atomic E-state index is 12.3. The summed E-state index contributed by atoms with van der Waals surface area (Å²) < 4.78 is 26.2. The number of hydrogen-bond acceptors (Lipinski definition) is 3. The zero-order valence-corrected chi connectivity index (χ0v) is 12.3. The van der Waals surface area contributed by atoms with Gasteiger partial charge in [0.1, 0.15) is 0 Å². The lowest BCUT2D eigenvalue weighted by Gasteiger charge is -2.27. The molecule has 1 aliphatic heterocycles. The quantitative estimate of drug-likeness (QED) is 0.926. The third-order valence-electron chi connectivity index (χ3n) is 4.39. The smallest absolute Gasteiger partial charge is 0.216 e. The fourth-order valence-electron chi connectivity index (χ4n) is 2.96. The van der Waals surface area contributed by atoms with E-state index in [4.69, 9.17) is 0 Å². The average Bonchev–Trinajstić information content (AvgIpc) is 3.27. The number of hydrogen-bond donors (Lipinski definition) is 1. The van der Waals surface area contributed by atoms with Gasteiger partial charge >= 0.3 is 0 Å². The largest absolute Gasteiger partial charge is 0.385 e. The van der Waals surface area contributed by atoms with Crippen LogP contribution < -0.4 is 0 Å². The van der Waals surface area contributed by atoms with Crippen molar-refractivity contribution < 1.29 is 13.5 Å². The van der Waals surface area contributed by atoms with E-state index in [2.05, 4.69) is 0 Å². The van der Waals surface area contributed by atoms with Crippen molar-refractivity contribution in [2.45, 2.75) is 43.0 Å². The first kappa shape index (κ1) is 14.0. The molecule has 1 saturated carbocycles. The van der Waals surface area contributed by atoms with Crippen LogP contribution in [0.15, 0.2) is 30.3 Å². The first-order valence-corrected chi connectivity index (χ1v) is 8.80. The van der Waals surface area contributed by atoms with Gasteiger partial charge in [0, 0.05) is 13.1 Å². The van der Waals surface area contributed by atoms with Gasteiger partial charge in [0.2, 0.25) is 10.0 Å². The van der Waals surface area contributed by atoms with Crippen LogP contribution >= 0.6 is 0 Å². The van der Waals surface area contributed by atoms with E-state index in [0.29, 0.717) is 32.4 Å². The standard InChI is InChI=1S/C15H21NO3S/c17-15(13-5-2-1-3-6-13)9-4-11-16(12-10-15)20(18,19)14-7-8-14/h1-3,5-6,14,17H,4,7-12H2. The molecule has 3 rings (SSSR count). The maximum atomic E-state index is 12.3. The number of rotatable bonds is 3. The highest BCUT2D eigenvalue weighted by atomic mass is 32.2. The lowest BCUT2D eigenvalue weighted by Crippen LogP contribution is -2.35. The lowest BCUT2D eigenvalue weighted by atomic mass is 9.87. The summed E-state index contributed by atoms with van der Waals surface area (Å²) >= 11 is 0. The second-order valence-corrected chi connectivity index (χ2v) is 8.11. The molecule has 2 fully saturated rings. The van der Waals surface area contributed by atoms with Crippen molar-refractivity contribution in [2.75, 3.05) is 13.1 Å². The SMILES string of the molecule is O=S(=O)(C1CC1)N1CCCC(O)(c2ccccc2)CC1. The van der Waals surface area contributed by atoms with Crippen molar-refractivity contribution in [3.8, 4) is 0 Å². The molecular weight excluding hydrogens is 274 g/mol. The molecule has 1 saturated heterocycles. The van der Waals surface area contributed by atoms with Gasteiger partial charge in [-0.3, -0.25) is 0 Å². The molecule has 0 bridgehead atoms. The molecule has 1 unspecified atom stereocenters. The van der Waals surface area contributed by atoms with Crippen molar-refractivity contribution in [3.63, 3.8) is 0 Å². The molecule has 1 N–H and O–H groups in total. The highest BCUT2D eigenvalue weighted by molar-refractivity contribution is 7.90. The van der Waals surface area contributed by atoms with Gasteiger partial charge in [-0.1, -0.05) is 30.3 Å². The van der Waals surface area contributed by atoms with Crippen LogP contribution in [0.3, 0.4) is 0 Å². The Morgan fingerprint density at radius 2 is 1.80 bits per heavy atom. The molecule has 110 valence electrons. The van der Waals surface area contributed by atoms with Gasteiger partial charge in [-0.25, -0.2) is 12.7 Å². The molecule has 1 aliphatic carbocycles. The summed E-state index contributed by atoms with van der Waals surface area (Å²) in [6.07, 6.45) is 3.39. The third kappa shape index (κ3) is 2.62. The fraction of sp³-hybridized carbons (Fsp3) is 0.600. The minimum absolute atomic E-state index is 0.162. The van der Waals surface area contributed by atoms with E-state index in [9.17, 15) is 13.5 Å². The Kier molecular flexibility index (Phi) is 3.60. The normalized spacial score (nSPS) is 29.1. The summed E-state index contributed by atoms with van der Waals surface area (Å²) in [4.78, 5) is 0. The van der Waals surface area contributed by atoms with E-state index in [1.807, 2.05) is 30.3 Å². The number of nitrogens with zero attached hydrogens (tertiary/aromatic N) is 1. The van der Waals surface area contributed by atoms with Crippen LogP contribution in [0, 0.1) is 0 Å². The van der Waals surface area contributed by atoms with Crippen LogP contribution in [0.2, 0.25) is 0 Å². The Bertz CT molecular complexity index is 568. The van der Waals surface area contributed by atoms with E-state index in [1.54, 1.807) is 4.31 Å². The zero-order chi connectivity index (χ0) is 14.2. The molecule has 5 heteroatoms. The van der Waals surface area contributed by atoms with Crippen molar-refractivity contribution in [1.82, 2.24) is 4.31 Å². The van der Waals surface area contributed by atoms with E-state index < -0.39 is 15.6 Å². The van der Waals surface area contributed by atoms with Gasteiger partial charge in [-0.05, 0) is 37.7 Å².